The summed E-state index contributed by atoms with van der Waals surface area (Å²) in [5.41, 5.74) is 1.83. The van der Waals surface area contributed by atoms with Crippen molar-refractivity contribution in [3.05, 3.63) is 58.6 Å². The molecule has 1 amide bonds. The Bertz CT molecular complexity index is 1010. The fraction of sp³-hybridized carbons (Fsp3) is 0.125. The van der Waals surface area contributed by atoms with E-state index in [1.54, 1.807) is 43.5 Å². The van der Waals surface area contributed by atoms with E-state index in [2.05, 4.69) is 15.2 Å². The molecule has 0 bridgehead atoms. The van der Waals surface area contributed by atoms with Gasteiger partial charge < -0.3 is 9.84 Å². The smallest absolute Gasteiger partial charge is 0.274 e. The van der Waals surface area contributed by atoms with Gasteiger partial charge in [-0.15, -0.1) is 11.3 Å². The fourth-order valence-corrected chi connectivity index (χ4v) is 4.46. The average Bonchev–Trinajstić information content (AvgIpc) is 3.19. The van der Waals surface area contributed by atoms with Gasteiger partial charge in [0.2, 0.25) is 5.88 Å². The zero-order valence-electron chi connectivity index (χ0n) is 13.4. The first-order valence-electron chi connectivity index (χ1n) is 7.28. The second-order valence-corrected chi connectivity index (χ2v) is 8.06. The van der Waals surface area contributed by atoms with Crippen LogP contribution in [-0.2, 0) is 10.0 Å². The van der Waals surface area contributed by atoms with Crippen LogP contribution < -0.4 is 10.0 Å². The monoisotopic (exact) mass is 377 g/mol. The average molecular weight is 377 g/mol. The van der Waals surface area contributed by atoms with Crippen molar-refractivity contribution in [3.8, 4) is 0 Å². The molecule has 0 aliphatic carbocycles. The van der Waals surface area contributed by atoms with Crippen molar-refractivity contribution >= 4 is 38.8 Å². The predicted octanol–water partition coefficient (Wildman–Crippen LogP) is 3.41. The van der Waals surface area contributed by atoms with Gasteiger partial charge in [-0.25, -0.2) is 13.1 Å². The summed E-state index contributed by atoms with van der Waals surface area (Å²) in [5, 5.41) is 7.94. The Labute approximate surface area is 148 Å². The SMILES string of the molecule is Cc1noc(NS(=O)(=O)c2sccc2C(=O)Nc2ccccc2)c1C. The van der Waals surface area contributed by atoms with Crippen LogP contribution in [-0.4, -0.2) is 19.5 Å². The number of aryl methyl sites for hydroxylation is 1. The molecule has 3 rings (SSSR count). The number of hydrogen-bond acceptors (Lipinski definition) is 6. The van der Waals surface area contributed by atoms with Gasteiger partial charge in [0.25, 0.3) is 15.9 Å². The van der Waals surface area contributed by atoms with E-state index in [-0.39, 0.29) is 15.7 Å². The number of nitrogens with one attached hydrogen (secondary N) is 2. The highest BCUT2D eigenvalue weighted by atomic mass is 32.2. The van der Waals surface area contributed by atoms with Crippen LogP contribution >= 0.6 is 11.3 Å². The van der Waals surface area contributed by atoms with Crippen LogP contribution in [0.4, 0.5) is 11.6 Å². The molecule has 130 valence electrons. The number of anilines is 2. The second-order valence-electron chi connectivity index (χ2n) is 5.27. The third kappa shape index (κ3) is 3.57. The van der Waals surface area contributed by atoms with Gasteiger partial charge in [0.1, 0.15) is 0 Å². The minimum atomic E-state index is -3.97. The van der Waals surface area contributed by atoms with E-state index in [1.165, 1.54) is 6.07 Å². The van der Waals surface area contributed by atoms with E-state index in [4.69, 9.17) is 4.52 Å². The molecule has 2 aromatic heterocycles. The Balaban J connectivity index is 1.87. The summed E-state index contributed by atoms with van der Waals surface area (Å²) < 4.78 is 32.5. The first kappa shape index (κ1) is 17.2. The van der Waals surface area contributed by atoms with Gasteiger partial charge in [0, 0.05) is 11.3 Å². The number of thiophene rings is 1. The van der Waals surface area contributed by atoms with Crippen LogP contribution in [0.25, 0.3) is 0 Å². The molecule has 0 saturated heterocycles. The normalized spacial score (nSPS) is 11.3. The lowest BCUT2D eigenvalue weighted by atomic mass is 10.3. The zero-order chi connectivity index (χ0) is 18.0. The molecule has 0 aliphatic rings. The standard InChI is InChI=1S/C16H15N3O4S2/c1-10-11(2)18-23-15(10)19-25(21,22)16-13(8-9-24-16)14(20)17-12-6-4-3-5-7-12/h3-9,19H,1-2H3,(H,17,20). The number of rotatable bonds is 5. The summed E-state index contributed by atoms with van der Waals surface area (Å²) in [6.07, 6.45) is 0. The zero-order valence-corrected chi connectivity index (χ0v) is 15.1. The quantitative estimate of drug-likeness (QED) is 0.709. The molecule has 7 nitrogen and oxygen atoms in total. The number of benzene rings is 1. The number of sulfonamides is 1. The molecular formula is C16H15N3O4S2. The minimum absolute atomic E-state index is 0.0420. The van der Waals surface area contributed by atoms with E-state index in [9.17, 15) is 13.2 Å². The van der Waals surface area contributed by atoms with Crippen molar-refractivity contribution < 1.29 is 17.7 Å². The Morgan fingerprint density at radius 2 is 1.88 bits per heavy atom. The molecule has 0 radical (unpaired) electrons. The summed E-state index contributed by atoms with van der Waals surface area (Å²) in [6, 6.07) is 10.3. The lowest BCUT2D eigenvalue weighted by molar-refractivity contribution is 0.102. The molecule has 0 aliphatic heterocycles. The van der Waals surface area contributed by atoms with Crippen molar-refractivity contribution in [1.82, 2.24) is 5.16 Å². The van der Waals surface area contributed by atoms with Gasteiger partial charge in [-0.05, 0) is 37.4 Å². The third-order valence-electron chi connectivity index (χ3n) is 3.53. The van der Waals surface area contributed by atoms with Crippen LogP contribution in [0.15, 0.2) is 50.5 Å². The van der Waals surface area contributed by atoms with Crippen molar-refractivity contribution in [3.63, 3.8) is 0 Å². The van der Waals surface area contributed by atoms with Gasteiger partial charge in [0.15, 0.2) is 4.21 Å². The summed E-state index contributed by atoms with van der Waals surface area (Å²) in [4.78, 5) is 12.4. The van der Waals surface area contributed by atoms with E-state index >= 15 is 0 Å². The molecule has 1 aromatic carbocycles. The summed E-state index contributed by atoms with van der Waals surface area (Å²) in [5.74, 6) is -0.460. The number of aromatic nitrogens is 1. The first-order chi connectivity index (χ1) is 11.9. The van der Waals surface area contributed by atoms with Gasteiger partial charge in [-0.2, -0.15) is 0 Å². The number of carbonyl (C=O) groups excluding carboxylic acids is 1. The maximum Gasteiger partial charge on any atom is 0.274 e. The van der Waals surface area contributed by atoms with Crippen molar-refractivity contribution in [2.24, 2.45) is 0 Å². The van der Waals surface area contributed by atoms with Crippen LogP contribution in [0.5, 0.6) is 0 Å². The number of nitrogens with zero attached hydrogens (tertiary/aromatic N) is 1. The largest absolute Gasteiger partial charge is 0.337 e. The molecule has 0 unspecified atom stereocenters. The summed E-state index contributed by atoms with van der Waals surface area (Å²) in [6.45, 7) is 3.40. The Hall–Kier alpha value is -2.65. The first-order valence-corrected chi connectivity index (χ1v) is 9.64. The van der Waals surface area contributed by atoms with Gasteiger partial charge >= 0.3 is 0 Å². The Morgan fingerprint density at radius 3 is 2.52 bits per heavy atom. The molecule has 2 N–H and O–H groups in total. The predicted molar refractivity (Wildman–Crippen MR) is 95.5 cm³/mol. The number of amides is 1. The molecule has 0 saturated carbocycles. The molecule has 0 fully saturated rings. The number of hydrogen-bond donors (Lipinski definition) is 2. The molecule has 0 spiro atoms. The van der Waals surface area contributed by atoms with Gasteiger partial charge in [-0.3, -0.25) is 4.79 Å². The summed E-state index contributed by atoms with van der Waals surface area (Å²) in [7, 11) is -3.97. The molecule has 9 heteroatoms. The van der Waals surface area contributed by atoms with Crippen molar-refractivity contribution in [2.75, 3.05) is 10.0 Å². The number of carbonyl (C=O) groups is 1. The van der Waals surface area contributed by atoms with E-state index in [0.717, 1.165) is 11.3 Å². The van der Waals surface area contributed by atoms with Crippen LogP contribution in [0.1, 0.15) is 21.6 Å². The van der Waals surface area contributed by atoms with Gasteiger partial charge in [-0.1, -0.05) is 23.4 Å². The van der Waals surface area contributed by atoms with E-state index in [1.807, 2.05) is 6.07 Å². The fourth-order valence-electron chi connectivity index (χ4n) is 2.07. The van der Waals surface area contributed by atoms with Crippen LogP contribution in [0.2, 0.25) is 0 Å². The van der Waals surface area contributed by atoms with Crippen LogP contribution in [0.3, 0.4) is 0 Å². The molecule has 3 aromatic rings. The highest BCUT2D eigenvalue weighted by molar-refractivity contribution is 7.94. The van der Waals surface area contributed by atoms with Crippen LogP contribution in [0, 0.1) is 13.8 Å². The summed E-state index contributed by atoms with van der Waals surface area (Å²) >= 11 is 0.954. The lowest BCUT2D eigenvalue weighted by Crippen LogP contribution is -2.18. The minimum Gasteiger partial charge on any atom is -0.337 e. The van der Waals surface area contributed by atoms with Gasteiger partial charge in [0.05, 0.1) is 11.3 Å². The lowest BCUT2D eigenvalue weighted by Gasteiger charge is -2.08. The molecule has 2 heterocycles. The highest BCUT2D eigenvalue weighted by Crippen LogP contribution is 2.28. The Morgan fingerprint density at radius 1 is 1.16 bits per heavy atom. The maximum absolute atomic E-state index is 12.6. The molecule has 0 atom stereocenters. The highest BCUT2D eigenvalue weighted by Gasteiger charge is 2.26. The molecular weight excluding hydrogens is 362 g/mol. The van der Waals surface area contributed by atoms with E-state index in [0.29, 0.717) is 16.9 Å². The second kappa shape index (κ2) is 6.69. The topological polar surface area (TPSA) is 101 Å². The van der Waals surface area contributed by atoms with Crippen molar-refractivity contribution in [2.45, 2.75) is 18.1 Å². The van der Waals surface area contributed by atoms with Crippen molar-refractivity contribution in [1.29, 1.82) is 0 Å². The van der Waals surface area contributed by atoms with E-state index < -0.39 is 15.9 Å². The molecule has 25 heavy (non-hydrogen) atoms. The number of para-hydroxylation sites is 1. The Kier molecular flexibility index (Phi) is 4.60. The third-order valence-corrected chi connectivity index (χ3v) is 6.35. The maximum atomic E-state index is 12.6.